The quantitative estimate of drug-likeness (QED) is 0.620. The lowest BCUT2D eigenvalue weighted by Crippen LogP contribution is -2.43. The van der Waals surface area contributed by atoms with Crippen LogP contribution in [0.25, 0.3) is 10.9 Å². The van der Waals surface area contributed by atoms with Gasteiger partial charge in [0.05, 0.1) is 12.0 Å². The van der Waals surface area contributed by atoms with E-state index in [9.17, 15) is 9.59 Å². The summed E-state index contributed by atoms with van der Waals surface area (Å²) in [5.74, 6) is 0.648. The van der Waals surface area contributed by atoms with Crippen molar-refractivity contribution in [2.75, 3.05) is 12.3 Å². The molecule has 3 aromatic rings. The van der Waals surface area contributed by atoms with Crippen LogP contribution in [0.1, 0.15) is 41.3 Å². The van der Waals surface area contributed by atoms with Crippen molar-refractivity contribution >= 4 is 40.0 Å². The van der Waals surface area contributed by atoms with E-state index in [1.807, 2.05) is 62.4 Å². The lowest BCUT2D eigenvalue weighted by atomic mass is 9.70. The highest BCUT2D eigenvalue weighted by atomic mass is 32.2. The maximum Gasteiger partial charge on any atom is 0.232 e. The number of carbonyl (C=O) groups is 2. The van der Waals surface area contributed by atoms with Gasteiger partial charge in [-0.25, -0.2) is 0 Å². The van der Waals surface area contributed by atoms with Crippen LogP contribution in [-0.4, -0.2) is 34.6 Å². The summed E-state index contributed by atoms with van der Waals surface area (Å²) in [6, 6.07) is 16.0. The second-order valence-corrected chi connectivity index (χ2v) is 8.81. The van der Waals surface area contributed by atoms with Gasteiger partial charge in [0, 0.05) is 34.3 Å². The van der Waals surface area contributed by atoms with Gasteiger partial charge in [0.25, 0.3) is 0 Å². The van der Waals surface area contributed by atoms with E-state index in [0.29, 0.717) is 10.7 Å². The monoisotopic (exact) mass is 405 g/mol. The van der Waals surface area contributed by atoms with Gasteiger partial charge in [-0.3, -0.25) is 14.6 Å². The van der Waals surface area contributed by atoms with Gasteiger partial charge in [-0.15, -0.1) is 0 Å². The molecule has 2 N–H and O–H groups in total. The average Bonchev–Trinajstić information content (AvgIpc) is 3.38. The highest BCUT2D eigenvalue weighted by Crippen LogP contribution is 2.42. The van der Waals surface area contributed by atoms with Crippen LogP contribution in [0.2, 0.25) is 0 Å². The summed E-state index contributed by atoms with van der Waals surface area (Å²) in [5, 5.41) is 4.57. The van der Waals surface area contributed by atoms with Gasteiger partial charge in [0.2, 0.25) is 5.91 Å². The Kier molecular flexibility index (Phi) is 5.28. The molecular formula is C23H23N3O2S. The molecule has 0 saturated carbocycles. The number of carbonyl (C=O) groups excluding carboxylic acids is 2. The minimum absolute atomic E-state index is 0.0655. The number of aliphatic imine (C=N–C) groups is 1. The fourth-order valence-electron chi connectivity index (χ4n) is 3.91. The number of aromatic amines is 1. The Bertz CT molecular complexity index is 1090. The van der Waals surface area contributed by atoms with E-state index in [1.54, 1.807) is 18.0 Å². The van der Waals surface area contributed by atoms with Crippen molar-refractivity contribution in [2.45, 2.75) is 19.8 Å². The molecule has 148 valence electrons. The van der Waals surface area contributed by atoms with Crippen LogP contribution in [0.5, 0.6) is 0 Å². The fourth-order valence-corrected chi connectivity index (χ4v) is 4.63. The molecule has 4 rings (SSSR count). The second kappa shape index (κ2) is 7.87. The molecule has 0 aliphatic carbocycles. The predicted octanol–water partition coefficient (Wildman–Crippen LogP) is 4.36. The Hall–Kier alpha value is -2.86. The smallest absolute Gasteiger partial charge is 0.232 e. The van der Waals surface area contributed by atoms with Crippen molar-refractivity contribution < 1.29 is 9.59 Å². The Labute approximate surface area is 174 Å². The predicted molar refractivity (Wildman–Crippen MR) is 119 cm³/mol. The van der Waals surface area contributed by atoms with Crippen LogP contribution in [0.15, 0.2) is 59.7 Å². The number of aromatic nitrogens is 1. The van der Waals surface area contributed by atoms with E-state index in [4.69, 9.17) is 0 Å². The molecule has 0 fully saturated rings. The van der Waals surface area contributed by atoms with Crippen LogP contribution in [0.3, 0.4) is 0 Å². The van der Waals surface area contributed by atoms with Crippen LogP contribution >= 0.6 is 11.8 Å². The van der Waals surface area contributed by atoms with E-state index >= 15 is 0 Å². The van der Waals surface area contributed by atoms with E-state index in [-0.39, 0.29) is 11.8 Å². The highest BCUT2D eigenvalue weighted by molar-refractivity contribution is 8.14. The molecule has 29 heavy (non-hydrogen) atoms. The Morgan fingerprint density at radius 1 is 1.21 bits per heavy atom. The summed E-state index contributed by atoms with van der Waals surface area (Å²) in [6.45, 7) is 4.66. The van der Waals surface area contributed by atoms with Crippen molar-refractivity contribution in [1.29, 1.82) is 0 Å². The summed E-state index contributed by atoms with van der Waals surface area (Å²) in [6.07, 6.45) is 2.57. The van der Waals surface area contributed by atoms with E-state index < -0.39 is 5.41 Å². The molecule has 2 heterocycles. The van der Waals surface area contributed by atoms with Crippen LogP contribution in [-0.2, 0) is 4.79 Å². The molecule has 1 aliphatic heterocycles. The van der Waals surface area contributed by atoms with E-state index in [1.165, 1.54) is 0 Å². The molecule has 1 aliphatic rings. The number of amidine groups is 1. The number of rotatable bonds is 5. The van der Waals surface area contributed by atoms with Gasteiger partial charge in [0.1, 0.15) is 0 Å². The van der Waals surface area contributed by atoms with Crippen LogP contribution in [0.4, 0.5) is 0 Å². The molecular weight excluding hydrogens is 382 g/mol. The highest BCUT2D eigenvalue weighted by Gasteiger charge is 2.39. The van der Waals surface area contributed by atoms with Crippen LogP contribution < -0.4 is 5.32 Å². The molecule has 1 aromatic heterocycles. The van der Waals surface area contributed by atoms with E-state index in [0.717, 1.165) is 40.6 Å². The summed E-state index contributed by atoms with van der Waals surface area (Å²) < 4.78 is 0. The van der Waals surface area contributed by atoms with Crippen LogP contribution in [0, 0.1) is 5.41 Å². The first kappa shape index (κ1) is 19.5. The van der Waals surface area contributed by atoms with Gasteiger partial charge in [-0.1, -0.05) is 62.0 Å². The zero-order valence-electron chi connectivity index (χ0n) is 16.4. The number of aldehydes is 1. The number of nitrogens with zero attached hydrogens (tertiary/aromatic N) is 1. The molecule has 0 spiro atoms. The van der Waals surface area contributed by atoms with Gasteiger partial charge in [0.15, 0.2) is 11.5 Å². The number of fused-ring (bicyclic) bond motifs is 1. The normalized spacial score (nSPS) is 15.2. The SMILES string of the molecule is CC(C)(C(=O)NC1=NCCS1)C(c1ccccc1)c1ccc2[nH]cc(C=O)c2c1. The number of amides is 1. The minimum atomic E-state index is -0.738. The topological polar surface area (TPSA) is 74.3 Å². The zero-order valence-corrected chi connectivity index (χ0v) is 17.3. The average molecular weight is 406 g/mol. The molecule has 0 bridgehead atoms. The second-order valence-electron chi connectivity index (χ2n) is 7.72. The van der Waals surface area contributed by atoms with Crippen molar-refractivity contribution in [3.8, 4) is 0 Å². The maximum absolute atomic E-state index is 13.3. The first-order valence-electron chi connectivity index (χ1n) is 9.60. The molecule has 1 amide bonds. The van der Waals surface area contributed by atoms with Gasteiger partial charge in [-0.05, 0) is 23.3 Å². The number of nitrogens with one attached hydrogen (secondary N) is 2. The molecule has 1 unspecified atom stereocenters. The number of H-pyrrole nitrogens is 1. The largest absolute Gasteiger partial charge is 0.360 e. The van der Waals surface area contributed by atoms with Crippen molar-refractivity contribution in [3.63, 3.8) is 0 Å². The lowest BCUT2D eigenvalue weighted by molar-refractivity contribution is -0.128. The number of hydrogen-bond donors (Lipinski definition) is 2. The number of benzene rings is 2. The standard InChI is InChI=1S/C23H23N3O2S/c1-23(2,21(28)26-22-24-10-11-29-22)20(15-6-4-3-5-7-15)16-8-9-19-18(12-16)17(14-27)13-25-19/h3-9,12-14,20,25H,10-11H2,1-2H3,(H,24,26,28). The van der Waals surface area contributed by atoms with E-state index in [2.05, 4.69) is 15.3 Å². The summed E-state index contributed by atoms with van der Waals surface area (Å²) in [4.78, 5) is 32.2. The lowest BCUT2D eigenvalue weighted by Gasteiger charge is -2.34. The van der Waals surface area contributed by atoms with Crippen molar-refractivity contribution in [1.82, 2.24) is 10.3 Å². The molecule has 5 nitrogen and oxygen atoms in total. The molecule has 2 aromatic carbocycles. The Morgan fingerprint density at radius 2 is 2.00 bits per heavy atom. The Balaban J connectivity index is 1.79. The maximum atomic E-state index is 13.3. The first-order valence-corrected chi connectivity index (χ1v) is 10.6. The molecule has 6 heteroatoms. The molecule has 0 saturated heterocycles. The van der Waals surface area contributed by atoms with Gasteiger partial charge >= 0.3 is 0 Å². The van der Waals surface area contributed by atoms with Crippen molar-refractivity contribution in [2.24, 2.45) is 10.4 Å². The molecule has 0 radical (unpaired) electrons. The Morgan fingerprint density at radius 3 is 2.69 bits per heavy atom. The zero-order chi connectivity index (χ0) is 20.4. The summed E-state index contributed by atoms with van der Waals surface area (Å²) >= 11 is 1.57. The number of thioether (sulfide) groups is 1. The fraction of sp³-hybridized carbons (Fsp3) is 0.261. The molecule has 1 atom stereocenters. The van der Waals surface area contributed by atoms with Crippen molar-refractivity contribution in [3.05, 3.63) is 71.4 Å². The summed E-state index contributed by atoms with van der Waals surface area (Å²) in [5.41, 5.74) is 2.83. The minimum Gasteiger partial charge on any atom is -0.360 e. The number of hydrogen-bond acceptors (Lipinski definition) is 4. The third kappa shape index (κ3) is 3.72. The van der Waals surface area contributed by atoms with Gasteiger partial charge < -0.3 is 10.3 Å². The first-order chi connectivity index (χ1) is 14.0. The summed E-state index contributed by atoms with van der Waals surface area (Å²) in [7, 11) is 0. The third-order valence-corrected chi connectivity index (χ3v) is 6.34. The third-order valence-electron chi connectivity index (χ3n) is 5.44. The van der Waals surface area contributed by atoms with Gasteiger partial charge in [-0.2, -0.15) is 0 Å².